The summed E-state index contributed by atoms with van der Waals surface area (Å²) in [6, 6.07) is 8.87. The third-order valence-corrected chi connectivity index (χ3v) is 5.41. The average molecular weight is 358 g/mol. The molecule has 5 heteroatoms. The second-order valence-corrected chi connectivity index (χ2v) is 7.70. The zero-order valence-corrected chi connectivity index (χ0v) is 16.5. The fourth-order valence-electron chi connectivity index (χ4n) is 3.51. The average Bonchev–Trinajstić information content (AvgIpc) is 3.49. The first-order chi connectivity index (χ1) is 12.7. The summed E-state index contributed by atoms with van der Waals surface area (Å²) in [7, 11) is 1.86. The summed E-state index contributed by atoms with van der Waals surface area (Å²) in [5, 5.41) is 6.86. The standard InChI is InChI=1S/C21H35N5/c1-18-6-5-7-20(16-18)26-14-12-25(13-15-26)11-4-3-10-23-21(22-2)24-17-19-8-9-19/h5-7,16,19H,3-4,8-15,17H2,1-2H3,(H2,22,23,24). The van der Waals surface area contributed by atoms with E-state index in [-0.39, 0.29) is 0 Å². The Balaban J connectivity index is 1.25. The highest BCUT2D eigenvalue weighted by Gasteiger charge is 2.21. The fourth-order valence-corrected chi connectivity index (χ4v) is 3.51. The van der Waals surface area contributed by atoms with Gasteiger partial charge in [-0.3, -0.25) is 9.89 Å². The van der Waals surface area contributed by atoms with Crippen molar-refractivity contribution in [1.82, 2.24) is 15.5 Å². The third-order valence-electron chi connectivity index (χ3n) is 5.41. The molecule has 3 rings (SSSR count). The highest BCUT2D eigenvalue weighted by molar-refractivity contribution is 5.79. The molecule has 1 saturated carbocycles. The van der Waals surface area contributed by atoms with Crippen molar-refractivity contribution in [3.63, 3.8) is 0 Å². The molecule has 0 radical (unpaired) electrons. The van der Waals surface area contributed by atoms with Gasteiger partial charge in [-0.1, -0.05) is 12.1 Å². The smallest absolute Gasteiger partial charge is 0.190 e. The van der Waals surface area contributed by atoms with E-state index in [2.05, 4.69) is 56.6 Å². The molecular formula is C21H35N5. The van der Waals surface area contributed by atoms with Crippen LogP contribution in [0.25, 0.3) is 0 Å². The van der Waals surface area contributed by atoms with Crippen molar-refractivity contribution in [1.29, 1.82) is 0 Å². The van der Waals surface area contributed by atoms with Crippen molar-refractivity contribution in [3.05, 3.63) is 29.8 Å². The number of hydrogen-bond acceptors (Lipinski definition) is 3. The van der Waals surface area contributed by atoms with E-state index >= 15 is 0 Å². The lowest BCUT2D eigenvalue weighted by Crippen LogP contribution is -2.46. The monoisotopic (exact) mass is 357 g/mol. The van der Waals surface area contributed by atoms with Gasteiger partial charge in [0.05, 0.1) is 0 Å². The first-order valence-corrected chi connectivity index (χ1v) is 10.2. The van der Waals surface area contributed by atoms with Crippen LogP contribution >= 0.6 is 0 Å². The second kappa shape index (κ2) is 9.81. The maximum atomic E-state index is 4.30. The molecule has 0 amide bonds. The van der Waals surface area contributed by atoms with Crippen molar-refractivity contribution >= 4 is 11.6 Å². The Kier molecular flexibility index (Phi) is 7.18. The molecule has 0 bridgehead atoms. The van der Waals surface area contributed by atoms with Crippen LogP contribution in [0.2, 0.25) is 0 Å². The van der Waals surface area contributed by atoms with Crippen LogP contribution in [0.1, 0.15) is 31.2 Å². The molecule has 1 saturated heterocycles. The summed E-state index contributed by atoms with van der Waals surface area (Å²) in [5.41, 5.74) is 2.72. The van der Waals surface area contributed by atoms with E-state index in [1.165, 1.54) is 56.6 Å². The lowest BCUT2D eigenvalue weighted by molar-refractivity contribution is 0.253. The number of nitrogens with one attached hydrogen (secondary N) is 2. The summed E-state index contributed by atoms with van der Waals surface area (Å²) in [6.45, 7) is 10.1. The quantitative estimate of drug-likeness (QED) is 0.426. The summed E-state index contributed by atoms with van der Waals surface area (Å²) >= 11 is 0. The molecule has 0 spiro atoms. The zero-order valence-electron chi connectivity index (χ0n) is 16.5. The molecule has 1 aliphatic carbocycles. The minimum atomic E-state index is 0.881. The molecule has 26 heavy (non-hydrogen) atoms. The number of benzene rings is 1. The van der Waals surface area contributed by atoms with E-state index in [0.717, 1.165) is 38.1 Å². The largest absolute Gasteiger partial charge is 0.369 e. The molecule has 1 aromatic carbocycles. The highest BCUT2D eigenvalue weighted by atomic mass is 15.3. The van der Waals surface area contributed by atoms with E-state index < -0.39 is 0 Å². The van der Waals surface area contributed by atoms with Crippen molar-refractivity contribution < 1.29 is 0 Å². The predicted molar refractivity (Wildman–Crippen MR) is 111 cm³/mol. The third kappa shape index (κ3) is 6.20. The maximum Gasteiger partial charge on any atom is 0.190 e. The molecule has 144 valence electrons. The van der Waals surface area contributed by atoms with Crippen LogP contribution in [0, 0.1) is 12.8 Å². The number of hydrogen-bond donors (Lipinski definition) is 2. The van der Waals surface area contributed by atoms with Gasteiger partial charge in [-0.15, -0.1) is 0 Å². The SMILES string of the molecule is CN=C(NCCCCN1CCN(c2cccc(C)c2)CC1)NCC1CC1. The first-order valence-electron chi connectivity index (χ1n) is 10.2. The van der Waals surface area contributed by atoms with Gasteiger partial charge < -0.3 is 15.5 Å². The van der Waals surface area contributed by atoms with Crippen molar-refractivity contribution in [2.24, 2.45) is 10.9 Å². The van der Waals surface area contributed by atoms with Crippen LogP contribution in [0.4, 0.5) is 5.69 Å². The van der Waals surface area contributed by atoms with Gasteiger partial charge in [-0.2, -0.15) is 0 Å². The minimum absolute atomic E-state index is 0.881. The van der Waals surface area contributed by atoms with E-state index in [1.54, 1.807) is 0 Å². The van der Waals surface area contributed by atoms with Gasteiger partial charge in [-0.25, -0.2) is 0 Å². The number of rotatable bonds is 8. The van der Waals surface area contributed by atoms with E-state index in [1.807, 2.05) is 7.05 Å². The minimum Gasteiger partial charge on any atom is -0.369 e. The van der Waals surface area contributed by atoms with Crippen LogP contribution in [0.5, 0.6) is 0 Å². The Morgan fingerprint density at radius 3 is 2.62 bits per heavy atom. The number of nitrogens with zero attached hydrogens (tertiary/aromatic N) is 3. The summed E-state index contributed by atoms with van der Waals surface area (Å²) < 4.78 is 0. The van der Waals surface area contributed by atoms with E-state index in [0.29, 0.717) is 0 Å². The summed E-state index contributed by atoms with van der Waals surface area (Å²) in [5.74, 6) is 1.84. The lowest BCUT2D eigenvalue weighted by Gasteiger charge is -2.36. The molecule has 0 unspecified atom stereocenters. The van der Waals surface area contributed by atoms with Crippen molar-refractivity contribution in [2.75, 3.05) is 57.8 Å². The number of piperazine rings is 1. The Hall–Kier alpha value is -1.75. The number of unbranched alkanes of at least 4 members (excludes halogenated alkanes) is 1. The molecule has 2 fully saturated rings. The second-order valence-electron chi connectivity index (χ2n) is 7.70. The molecule has 2 N–H and O–H groups in total. The van der Waals surface area contributed by atoms with Crippen LogP contribution in [0.3, 0.4) is 0 Å². The van der Waals surface area contributed by atoms with Gasteiger partial charge >= 0.3 is 0 Å². The first kappa shape index (κ1) is 19.0. The predicted octanol–water partition coefficient (Wildman–Crippen LogP) is 2.47. The van der Waals surface area contributed by atoms with Gasteiger partial charge in [0, 0.05) is 52.0 Å². The molecule has 1 aliphatic heterocycles. The molecular weight excluding hydrogens is 322 g/mol. The maximum absolute atomic E-state index is 4.30. The fraction of sp³-hybridized carbons (Fsp3) is 0.667. The molecule has 1 aromatic rings. The lowest BCUT2D eigenvalue weighted by atomic mass is 10.2. The number of aliphatic imine (C=N–C) groups is 1. The molecule has 0 atom stereocenters. The summed E-state index contributed by atoms with van der Waals surface area (Å²) in [4.78, 5) is 9.42. The van der Waals surface area contributed by atoms with Gasteiger partial charge in [0.2, 0.25) is 0 Å². The number of aryl methyl sites for hydroxylation is 1. The van der Waals surface area contributed by atoms with Crippen molar-refractivity contribution in [3.8, 4) is 0 Å². The Morgan fingerprint density at radius 1 is 1.12 bits per heavy atom. The van der Waals surface area contributed by atoms with Gasteiger partial charge in [0.15, 0.2) is 5.96 Å². The zero-order chi connectivity index (χ0) is 18.2. The topological polar surface area (TPSA) is 42.9 Å². The van der Waals surface area contributed by atoms with Gasteiger partial charge in [-0.05, 0) is 62.8 Å². The van der Waals surface area contributed by atoms with Crippen LogP contribution in [-0.4, -0.2) is 63.7 Å². The van der Waals surface area contributed by atoms with Crippen LogP contribution in [0.15, 0.2) is 29.3 Å². The molecule has 0 aromatic heterocycles. The Morgan fingerprint density at radius 2 is 1.92 bits per heavy atom. The normalized spacial score (nSPS) is 18.8. The van der Waals surface area contributed by atoms with Crippen LogP contribution in [-0.2, 0) is 0 Å². The molecule has 1 heterocycles. The Bertz CT molecular complexity index is 574. The van der Waals surface area contributed by atoms with Gasteiger partial charge in [0.1, 0.15) is 0 Å². The van der Waals surface area contributed by atoms with Crippen LogP contribution < -0.4 is 15.5 Å². The summed E-state index contributed by atoms with van der Waals surface area (Å²) in [6.07, 6.45) is 5.20. The highest BCUT2D eigenvalue weighted by Crippen LogP contribution is 2.27. The number of guanidine groups is 1. The van der Waals surface area contributed by atoms with E-state index in [4.69, 9.17) is 0 Å². The molecule has 2 aliphatic rings. The van der Waals surface area contributed by atoms with Gasteiger partial charge in [0.25, 0.3) is 0 Å². The van der Waals surface area contributed by atoms with E-state index in [9.17, 15) is 0 Å². The Labute approximate surface area is 158 Å². The number of anilines is 1. The van der Waals surface area contributed by atoms with Crippen molar-refractivity contribution in [2.45, 2.75) is 32.6 Å². The molecule has 5 nitrogen and oxygen atoms in total.